The van der Waals surface area contributed by atoms with E-state index < -0.39 is 10.0 Å². The third kappa shape index (κ3) is 3.60. The summed E-state index contributed by atoms with van der Waals surface area (Å²) in [5.41, 5.74) is 1.10. The van der Waals surface area contributed by atoms with E-state index in [2.05, 4.69) is 10.3 Å². The quantitative estimate of drug-likeness (QED) is 0.632. The second kappa shape index (κ2) is 7.42. The van der Waals surface area contributed by atoms with E-state index in [9.17, 15) is 8.42 Å². The molecule has 0 radical (unpaired) electrons. The molecule has 8 nitrogen and oxygen atoms in total. The number of benzene rings is 2. The highest BCUT2D eigenvalue weighted by Gasteiger charge is 2.38. The molecule has 0 aliphatic carbocycles. The molecule has 0 saturated carbocycles. The molecule has 1 aromatic heterocycles. The maximum Gasteiger partial charge on any atom is 0.243 e. The molecule has 9 heteroatoms. The van der Waals surface area contributed by atoms with Crippen LogP contribution in [0, 0.1) is 11.3 Å². The molecule has 1 fully saturated rings. The van der Waals surface area contributed by atoms with Crippen molar-refractivity contribution in [3.05, 3.63) is 72.1 Å². The molecule has 3 aromatic rings. The van der Waals surface area contributed by atoms with Gasteiger partial charge in [0, 0.05) is 13.1 Å². The van der Waals surface area contributed by atoms with Crippen molar-refractivity contribution in [1.29, 1.82) is 5.26 Å². The number of rotatable bonds is 6. The van der Waals surface area contributed by atoms with Crippen molar-refractivity contribution in [2.45, 2.75) is 17.5 Å². The Morgan fingerprint density at radius 1 is 1.11 bits per heavy atom. The van der Waals surface area contributed by atoms with E-state index in [1.165, 1.54) is 28.6 Å². The second-order valence-electron chi connectivity index (χ2n) is 6.40. The number of nitriles is 1. The zero-order valence-corrected chi connectivity index (χ0v) is 15.7. The summed E-state index contributed by atoms with van der Waals surface area (Å²) < 4.78 is 34.0. The summed E-state index contributed by atoms with van der Waals surface area (Å²) in [6, 6.07) is 17.2. The molecule has 142 valence electrons. The lowest BCUT2D eigenvalue weighted by molar-refractivity contribution is 0.189. The summed E-state index contributed by atoms with van der Waals surface area (Å²) in [4.78, 5) is 0.181. The summed E-state index contributed by atoms with van der Waals surface area (Å²) in [6.07, 6.45) is 1.78. The van der Waals surface area contributed by atoms with E-state index in [1.807, 2.05) is 36.4 Å². The predicted molar refractivity (Wildman–Crippen MR) is 99.7 cm³/mol. The first-order valence-electron chi connectivity index (χ1n) is 8.65. The molecule has 0 atom stereocenters. The highest BCUT2D eigenvalue weighted by atomic mass is 32.2. The fourth-order valence-corrected chi connectivity index (χ4v) is 4.38. The summed E-state index contributed by atoms with van der Waals surface area (Å²) >= 11 is 0. The fraction of sp³-hybridized carbons (Fsp3) is 0.211. The van der Waals surface area contributed by atoms with E-state index >= 15 is 0 Å². The molecular weight excluding hydrogens is 378 g/mol. The lowest BCUT2D eigenvalue weighted by Crippen LogP contribution is -2.50. The molecule has 2 aromatic carbocycles. The zero-order valence-electron chi connectivity index (χ0n) is 14.8. The minimum atomic E-state index is -3.57. The van der Waals surface area contributed by atoms with Crippen LogP contribution in [0.25, 0.3) is 0 Å². The zero-order chi connectivity index (χ0) is 19.6. The van der Waals surface area contributed by atoms with Crippen LogP contribution in [0.5, 0.6) is 5.75 Å². The molecule has 0 N–H and O–H groups in total. The van der Waals surface area contributed by atoms with Gasteiger partial charge in [-0.25, -0.2) is 13.1 Å². The van der Waals surface area contributed by atoms with Crippen molar-refractivity contribution in [1.82, 2.24) is 19.3 Å². The van der Waals surface area contributed by atoms with Crippen molar-refractivity contribution >= 4 is 10.0 Å². The number of hydrogen-bond acceptors (Lipinski definition) is 6. The van der Waals surface area contributed by atoms with Crippen LogP contribution >= 0.6 is 0 Å². The molecule has 0 unspecified atom stereocenters. The van der Waals surface area contributed by atoms with Gasteiger partial charge in [-0.3, -0.25) is 0 Å². The number of hydrogen-bond donors (Lipinski definition) is 0. The number of para-hydroxylation sites is 1. The van der Waals surface area contributed by atoms with Crippen molar-refractivity contribution in [3.63, 3.8) is 0 Å². The number of aromatic nitrogens is 3. The summed E-state index contributed by atoms with van der Waals surface area (Å²) in [5, 5.41) is 17.0. The van der Waals surface area contributed by atoms with Gasteiger partial charge in [-0.05, 0) is 36.4 Å². The van der Waals surface area contributed by atoms with Crippen molar-refractivity contribution in [2.75, 3.05) is 13.1 Å². The molecule has 1 aliphatic heterocycles. The van der Waals surface area contributed by atoms with Crippen LogP contribution in [0.15, 0.2) is 65.7 Å². The van der Waals surface area contributed by atoms with Gasteiger partial charge in [0.05, 0.1) is 28.8 Å². The van der Waals surface area contributed by atoms with E-state index in [-0.39, 0.29) is 10.9 Å². The maximum atomic E-state index is 12.6. The third-order valence-corrected chi connectivity index (χ3v) is 6.36. The average molecular weight is 395 g/mol. The SMILES string of the molecule is N#Cc1ccc(S(=O)(=O)N2CC(n3cc(COc4ccccc4)nn3)C2)cc1. The first kappa shape index (κ1) is 18.2. The third-order valence-electron chi connectivity index (χ3n) is 4.51. The van der Waals surface area contributed by atoms with Gasteiger partial charge >= 0.3 is 0 Å². The standard InChI is InChI=1S/C19H17N5O3S/c20-10-15-6-8-19(9-7-15)28(25,26)23-12-17(13-23)24-11-16(21-22-24)14-27-18-4-2-1-3-5-18/h1-9,11,17H,12-14H2. The van der Waals surface area contributed by atoms with Crippen molar-refractivity contribution in [2.24, 2.45) is 0 Å². The van der Waals surface area contributed by atoms with Gasteiger partial charge in [-0.2, -0.15) is 9.57 Å². The van der Waals surface area contributed by atoms with Crippen molar-refractivity contribution < 1.29 is 13.2 Å². The molecular formula is C19H17N5O3S. The fourth-order valence-electron chi connectivity index (χ4n) is 2.86. The maximum absolute atomic E-state index is 12.6. The molecule has 0 bridgehead atoms. The minimum Gasteiger partial charge on any atom is -0.487 e. The predicted octanol–water partition coefficient (Wildman–Crippen LogP) is 1.97. The smallest absolute Gasteiger partial charge is 0.243 e. The van der Waals surface area contributed by atoms with E-state index in [0.717, 1.165) is 5.75 Å². The molecule has 0 amide bonds. The van der Waals surface area contributed by atoms with Crippen LogP contribution < -0.4 is 4.74 Å². The molecule has 1 aliphatic rings. The minimum absolute atomic E-state index is 0.0638. The van der Waals surface area contributed by atoms with Crippen LogP contribution in [0.3, 0.4) is 0 Å². The topological polar surface area (TPSA) is 101 Å². The Morgan fingerprint density at radius 3 is 2.50 bits per heavy atom. The Balaban J connectivity index is 1.36. The van der Waals surface area contributed by atoms with Gasteiger partial charge in [-0.15, -0.1) is 5.10 Å². The van der Waals surface area contributed by atoms with Crippen LogP contribution in [0.4, 0.5) is 0 Å². The average Bonchev–Trinajstić information content (AvgIpc) is 3.14. The summed E-state index contributed by atoms with van der Waals surface area (Å²) in [5.74, 6) is 0.750. The van der Waals surface area contributed by atoms with Crippen LogP contribution in [-0.4, -0.2) is 40.8 Å². The Bertz CT molecular complexity index is 1100. The molecule has 28 heavy (non-hydrogen) atoms. The molecule has 1 saturated heterocycles. The normalized spacial score (nSPS) is 15.0. The lowest BCUT2D eigenvalue weighted by Gasteiger charge is -2.37. The Morgan fingerprint density at radius 2 is 1.82 bits per heavy atom. The number of nitrogens with zero attached hydrogens (tertiary/aromatic N) is 5. The van der Waals surface area contributed by atoms with Crippen molar-refractivity contribution in [3.8, 4) is 11.8 Å². The number of ether oxygens (including phenoxy) is 1. The highest BCUT2D eigenvalue weighted by Crippen LogP contribution is 2.28. The van der Waals surface area contributed by atoms with Crippen LogP contribution in [0.2, 0.25) is 0 Å². The number of sulfonamides is 1. The highest BCUT2D eigenvalue weighted by molar-refractivity contribution is 7.89. The van der Waals surface area contributed by atoms with Crippen LogP contribution in [0.1, 0.15) is 17.3 Å². The lowest BCUT2D eigenvalue weighted by atomic mass is 10.2. The Kier molecular flexibility index (Phi) is 4.81. The molecule has 2 heterocycles. The van der Waals surface area contributed by atoms with Gasteiger partial charge in [0.15, 0.2) is 0 Å². The van der Waals surface area contributed by atoms with Crippen LogP contribution in [-0.2, 0) is 16.6 Å². The van der Waals surface area contributed by atoms with Gasteiger partial charge in [-0.1, -0.05) is 23.4 Å². The Labute approximate surface area is 162 Å². The van der Waals surface area contributed by atoms with Gasteiger partial charge in [0.1, 0.15) is 18.1 Å². The monoisotopic (exact) mass is 395 g/mol. The van der Waals surface area contributed by atoms with Gasteiger partial charge < -0.3 is 4.74 Å². The van der Waals surface area contributed by atoms with E-state index in [4.69, 9.17) is 10.00 Å². The first-order valence-corrected chi connectivity index (χ1v) is 10.1. The van der Waals surface area contributed by atoms with Gasteiger partial charge in [0.25, 0.3) is 0 Å². The summed E-state index contributed by atoms with van der Waals surface area (Å²) in [7, 11) is -3.57. The summed E-state index contributed by atoms with van der Waals surface area (Å²) in [6.45, 7) is 0.944. The molecule has 0 spiro atoms. The second-order valence-corrected chi connectivity index (χ2v) is 8.34. The van der Waals surface area contributed by atoms with Gasteiger partial charge in [0.2, 0.25) is 10.0 Å². The van der Waals surface area contributed by atoms with E-state index in [1.54, 1.807) is 10.9 Å². The molecule has 4 rings (SSSR count). The van der Waals surface area contributed by atoms with E-state index in [0.29, 0.717) is 31.0 Å². The Hall–Kier alpha value is -3.22. The largest absolute Gasteiger partial charge is 0.487 e. The first-order chi connectivity index (χ1) is 13.6.